The van der Waals surface area contributed by atoms with Gasteiger partial charge in [0, 0.05) is 13.0 Å². The van der Waals surface area contributed by atoms with Crippen LogP contribution in [0.15, 0.2) is 0 Å². The van der Waals surface area contributed by atoms with Gasteiger partial charge in [-0.3, -0.25) is 0 Å². The van der Waals surface area contributed by atoms with Gasteiger partial charge < -0.3 is 15.2 Å². The number of hydrogen-bond donors (Lipinski definition) is 1. The maximum absolute atomic E-state index is 5.70. The second-order valence-corrected chi connectivity index (χ2v) is 5.32. The summed E-state index contributed by atoms with van der Waals surface area (Å²) < 4.78 is 11.3. The summed E-state index contributed by atoms with van der Waals surface area (Å²) in [6.45, 7) is 13.1. The van der Waals surface area contributed by atoms with Crippen LogP contribution in [0.25, 0.3) is 0 Å². The highest BCUT2D eigenvalue weighted by Gasteiger charge is 2.23. The molecule has 15 heavy (non-hydrogen) atoms. The molecule has 0 saturated heterocycles. The van der Waals surface area contributed by atoms with Crippen LogP contribution in [-0.2, 0) is 9.47 Å². The molecular weight excluding hydrogens is 190 g/mol. The van der Waals surface area contributed by atoms with Crippen molar-refractivity contribution in [3.05, 3.63) is 0 Å². The molecule has 2 N–H and O–H groups in total. The number of rotatable bonds is 7. The molecular formula is C12H27NO2. The van der Waals surface area contributed by atoms with Crippen molar-refractivity contribution in [1.82, 2.24) is 0 Å². The number of nitrogens with two attached hydrogens (primary N) is 1. The van der Waals surface area contributed by atoms with Crippen molar-refractivity contribution in [2.45, 2.75) is 65.9 Å². The third kappa shape index (κ3) is 8.85. The van der Waals surface area contributed by atoms with Crippen LogP contribution in [0.1, 0.15) is 48.0 Å². The quantitative estimate of drug-likeness (QED) is 0.666. The molecule has 0 spiro atoms. The molecule has 0 fully saturated rings. The minimum Gasteiger partial charge on any atom is -0.378 e. The van der Waals surface area contributed by atoms with Crippen molar-refractivity contribution in [3.63, 3.8) is 0 Å². The molecule has 0 aromatic carbocycles. The van der Waals surface area contributed by atoms with Crippen molar-refractivity contribution >= 4 is 0 Å². The Labute approximate surface area is 94.3 Å². The van der Waals surface area contributed by atoms with Crippen molar-refractivity contribution in [2.75, 3.05) is 6.61 Å². The first-order valence-corrected chi connectivity index (χ1v) is 5.78. The highest BCUT2D eigenvalue weighted by molar-refractivity contribution is 4.73. The van der Waals surface area contributed by atoms with Gasteiger partial charge in [-0.25, -0.2) is 0 Å². The Morgan fingerprint density at radius 2 is 1.67 bits per heavy atom. The Bertz CT molecular complexity index is 167. The first kappa shape index (κ1) is 14.9. The van der Waals surface area contributed by atoms with Gasteiger partial charge in [0.1, 0.15) is 6.23 Å². The minimum atomic E-state index is -0.225. The largest absolute Gasteiger partial charge is 0.378 e. The molecule has 2 unspecified atom stereocenters. The molecule has 0 aromatic rings. The highest BCUT2D eigenvalue weighted by atomic mass is 16.5. The SMILES string of the molecule is CC(C)COC(C)CC(C)(C)OC(C)N. The van der Waals surface area contributed by atoms with Gasteiger partial charge in [0.25, 0.3) is 0 Å². The second-order valence-electron chi connectivity index (χ2n) is 5.32. The maximum atomic E-state index is 5.70. The van der Waals surface area contributed by atoms with Gasteiger partial charge in [0.15, 0.2) is 0 Å². The Kier molecular flexibility index (Phi) is 6.41. The highest BCUT2D eigenvalue weighted by Crippen LogP contribution is 2.19. The van der Waals surface area contributed by atoms with Gasteiger partial charge in [-0.05, 0) is 33.6 Å². The fourth-order valence-corrected chi connectivity index (χ4v) is 1.66. The van der Waals surface area contributed by atoms with E-state index >= 15 is 0 Å². The lowest BCUT2D eigenvalue weighted by Gasteiger charge is -2.30. The van der Waals surface area contributed by atoms with E-state index in [4.69, 9.17) is 15.2 Å². The van der Waals surface area contributed by atoms with E-state index in [2.05, 4.69) is 20.8 Å². The predicted molar refractivity (Wildman–Crippen MR) is 63.7 cm³/mol. The van der Waals surface area contributed by atoms with Crippen molar-refractivity contribution in [1.29, 1.82) is 0 Å². The normalized spacial score (nSPS) is 16.8. The van der Waals surface area contributed by atoms with E-state index in [1.54, 1.807) is 0 Å². The Morgan fingerprint density at radius 3 is 2.07 bits per heavy atom. The molecule has 0 aliphatic carbocycles. The zero-order valence-corrected chi connectivity index (χ0v) is 11.0. The van der Waals surface area contributed by atoms with E-state index in [1.807, 2.05) is 20.8 Å². The Balaban J connectivity index is 3.87. The summed E-state index contributed by atoms with van der Waals surface area (Å²) in [5, 5.41) is 0. The molecule has 0 rings (SSSR count). The smallest absolute Gasteiger partial charge is 0.103 e. The predicted octanol–water partition coefficient (Wildman–Crippen LogP) is 2.54. The summed E-state index contributed by atoms with van der Waals surface area (Å²) >= 11 is 0. The summed E-state index contributed by atoms with van der Waals surface area (Å²) in [7, 11) is 0. The summed E-state index contributed by atoms with van der Waals surface area (Å²) in [6, 6.07) is 0. The standard InChI is InChI=1S/C12H27NO2/c1-9(2)8-14-10(3)7-12(5,6)15-11(4)13/h9-11H,7-8,13H2,1-6H3. The Morgan fingerprint density at radius 1 is 1.13 bits per heavy atom. The zero-order valence-electron chi connectivity index (χ0n) is 11.0. The van der Waals surface area contributed by atoms with E-state index in [0.717, 1.165) is 13.0 Å². The fraction of sp³-hybridized carbons (Fsp3) is 1.00. The van der Waals surface area contributed by atoms with E-state index in [1.165, 1.54) is 0 Å². The van der Waals surface area contributed by atoms with Crippen molar-refractivity contribution in [3.8, 4) is 0 Å². The number of ether oxygens (including phenoxy) is 2. The molecule has 0 aromatic heterocycles. The van der Waals surface area contributed by atoms with Crippen LogP contribution in [0, 0.1) is 5.92 Å². The second kappa shape index (κ2) is 6.46. The molecule has 2 atom stereocenters. The molecule has 0 saturated carbocycles. The minimum absolute atomic E-state index is 0.209. The zero-order chi connectivity index (χ0) is 12.1. The van der Waals surface area contributed by atoms with E-state index < -0.39 is 0 Å². The molecule has 0 radical (unpaired) electrons. The van der Waals surface area contributed by atoms with Crippen LogP contribution in [-0.4, -0.2) is 24.5 Å². The van der Waals surface area contributed by atoms with E-state index in [9.17, 15) is 0 Å². The molecule has 0 bridgehead atoms. The molecule has 92 valence electrons. The summed E-state index contributed by atoms with van der Waals surface area (Å²) in [5.41, 5.74) is 5.40. The van der Waals surface area contributed by atoms with Crippen LogP contribution >= 0.6 is 0 Å². The summed E-state index contributed by atoms with van der Waals surface area (Å²) in [5.74, 6) is 0.574. The molecule has 0 heterocycles. The molecule has 3 nitrogen and oxygen atoms in total. The van der Waals surface area contributed by atoms with Crippen LogP contribution in [0.2, 0.25) is 0 Å². The van der Waals surface area contributed by atoms with E-state index in [0.29, 0.717) is 5.92 Å². The first-order chi connectivity index (χ1) is 6.73. The lowest BCUT2D eigenvalue weighted by atomic mass is 10.0. The molecule has 0 aliphatic rings. The summed E-state index contributed by atoms with van der Waals surface area (Å²) in [6.07, 6.45) is 0.847. The van der Waals surface area contributed by atoms with Gasteiger partial charge in [-0.1, -0.05) is 13.8 Å². The average Bonchev–Trinajstić information content (AvgIpc) is 1.96. The van der Waals surface area contributed by atoms with Gasteiger partial charge in [-0.15, -0.1) is 0 Å². The third-order valence-electron chi connectivity index (χ3n) is 2.00. The van der Waals surface area contributed by atoms with Gasteiger partial charge >= 0.3 is 0 Å². The van der Waals surface area contributed by atoms with Crippen molar-refractivity contribution in [2.24, 2.45) is 11.7 Å². The molecule has 3 heteroatoms. The topological polar surface area (TPSA) is 44.5 Å². The van der Waals surface area contributed by atoms with Gasteiger partial charge in [-0.2, -0.15) is 0 Å². The third-order valence-corrected chi connectivity index (χ3v) is 2.00. The lowest BCUT2D eigenvalue weighted by Crippen LogP contribution is -2.37. The molecule has 0 aliphatic heterocycles. The Hall–Kier alpha value is -0.120. The average molecular weight is 217 g/mol. The number of hydrogen-bond acceptors (Lipinski definition) is 3. The van der Waals surface area contributed by atoms with Gasteiger partial charge in [0.2, 0.25) is 0 Å². The lowest BCUT2D eigenvalue weighted by molar-refractivity contribution is -0.0934. The maximum Gasteiger partial charge on any atom is 0.103 e. The van der Waals surface area contributed by atoms with Gasteiger partial charge in [0.05, 0.1) is 11.7 Å². The van der Waals surface area contributed by atoms with Crippen LogP contribution in [0.4, 0.5) is 0 Å². The molecule has 0 amide bonds. The van der Waals surface area contributed by atoms with E-state index in [-0.39, 0.29) is 17.9 Å². The van der Waals surface area contributed by atoms with Crippen LogP contribution in [0.3, 0.4) is 0 Å². The fourth-order valence-electron chi connectivity index (χ4n) is 1.66. The monoisotopic (exact) mass is 217 g/mol. The first-order valence-electron chi connectivity index (χ1n) is 5.78. The van der Waals surface area contributed by atoms with Crippen LogP contribution in [0.5, 0.6) is 0 Å². The van der Waals surface area contributed by atoms with Crippen molar-refractivity contribution < 1.29 is 9.47 Å². The van der Waals surface area contributed by atoms with Crippen LogP contribution < -0.4 is 5.73 Å². The summed E-state index contributed by atoms with van der Waals surface area (Å²) in [4.78, 5) is 0.